The number of nitrogens with zero attached hydrogens (tertiary/aromatic N) is 1. The van der Waals surface area contributed by atoms with Gasteiger partial charge in [0.25, 0.3) is 5.91 Å². The van der Waals surface area contributed by atoms with E-state index in [9.17, 15) is 19.5 Å². The third-order valence-corrected chi connectivity index (χ3v) is 8.99. The zero-order valence-electron chi connectivity index (χ0n) is 26.0. The molecule has 232 valence electrons. The fourth-order valence-corrected chi connectivity index (χ4v) is 6.74. The summed E-state index contributed by atoms with van der Waals surface area (Å²) in [6.45, 7) is 9.09. The van der Waals surface area contributed by atoms with Crippen molar-refractivity contribution >= 4 is 29.3 Å². The minimum absolute atomic E-state index is 0.115. The highest BCUT2D eigenvalue weighted by molar-refractivity contribution is 6.08. The molecule has 3 aromatic rings. The highest BCUT2D eigenvalue weighted by atomic mass is 16.4. The van der Waals surface area contributed by atoms with Crippen LogP contribution in [0.15, 0.2) is 54.6 Å². The molecule has 4 N–H and O–H groups in total. The normalized spacial score (nSPS) is 16.3. The Morgan fingerprint density at radius 2 is 1.45 bits per heavy atom. The Balaban J connectivity index is 1.41. The van der Waals surface area contributed by atoms with Crippen LogP contribution in [0.3, 0.4) is 0 Å². The van der Waals surface area contributed by atoms with E-state index in [0.29, 0.717) is 11.4 Å². The number of carboxylic acids is 1. The number of anilines is 2. The van der Waals surface area contributed by atoms with Gasteiger partial charge in [-0.25, -0.2) is 9.59 Å². The molecule has 1 saturated carbocycles. The monoisotopic (exact) mass is 596 g/mol. The number of nitrogens with one attached hydrogen (secondary N) is 3. The first-order chi connectivity index (χ1) is 21.2. The number of carbonyl (C=O) groups excluding carboxylic acids is 2. The summed E-state index contributed by atoms with van der Waals surface area (Å²) in [7, 11) is 0. The largest absolute Gasteiger partial charge is 0.480 e. The first-order valence-corrected chi connectivity index (χ1v) is 15.8. The summed E-state index contributed by atoms with van der Waals surface area (Å²) in [4.78, 5) is 41.6. The van der Waals surface area contributed by atoms with E-state index in [0.717, 1.165) is 79.6 Å². The number of aliphatic carboxylic acids is 1. The number of carboxylic acid groups (broad SMARTS) is 1. The van der Waals surface area contributed by atoms with E-state index in [1.807, 2.05) is 39.0 Å². The molecule has 8 heteroatoms. The third-order valence-electron chi connectivity index (χ3n) is 8.99. The molecule has 1 aliphatic carbocycles. The smallest absolute Gasteiger partial charge is 0.326 e. The van der Waals surface area contributed by atoms with Gasteiger partial charge >= 0.3 is 12.0 Å². The lowest BCUT2D eigenvalue weighted by molar-refractivity contribution is -0.141. The zero-order valence-corrected chi connectivity index (χ0v) is 26.0. The molecule has 2 fully saturated rings. The molecule has 3 amide bonds. The summed E-state index contributed by atoms with van der Waals surface area (Å²) < 4.78 is 0. The van der Waals surface area contributed by atoms with E-state index >= 15 is 0 Å². The average Bonchev–Trinajstić information content (AvgIpc) is 3.51. The Morgan fingerprint density at radius 3 is 2.09 bits per heavy atom. The molecule has 8 nitrogen and oxygen atoms in total. The molecule has 0 bridgehead atoms. The van der Waals surface area contributed by atoms with Crippen LogP contribution in [0.4, 0.5) is 16.2 Å². The van der Waals surface area contributed by atoms with Crippen molar-refractivity contribution in [3.05, 3.63) is 82.4 Å². The molecular formula is C36H44N4O4. The van der Waals surface area contributed by atoms with Gasteiger partial charge in [-0.1, -0.05) is 67.3 Å². The minimum atomic E-state index is -1.03. The molecule has 1 atom stereocenters. The molecule has 5 rings (SSSR count). The van der Waals surface area contributed by atoms with Crippen molar-refractivity contribution < 1.29 is 19.5 Å². The second-order valence-electron chi connectivity index (χ2n) is 12.5. The van der Waals surface area contributed by atoms with Crippen molar-refractivity contribution in [3.8, 4) is 11.1 Å². The van der Waals surface area contributed by atoms with E-state index in [2.05, 4.69) is 45.1 Å². The van der Waals surface area contributed by atoms with Crippen LogP contribution in [-0.2, 0) is 11.3 Å². The van der Waals surface area contributed by atoms with Gasteiger partial charge in [-0.2, -0.15) is 0 Å². The van der Waals surface area contributed by atoms with Crippen LogP contribution in [-0.4, -0.2) is 47.0 Å². The number of rotatable bonds is 9. The van der Waals surface area contributed by atoms with Gasteiger partial charge in [0.15, 0.2) is 0 Å². The SMILES string of the molecule is Cc1cc(C)c(NC(=O)Nc2cc(-c3ccc(CN4CCCC4)cc3)ccc2C(=O)N[C@H](C(=O)O)C2CCCCC2)c(C)c1. The maximum absolute atomic E-state index is 13.6. The van der Waals surface area contributed by atoms with Gasteiger partial charge in [0.2, 0.25) is 0 Å². The average molecular weight is 597 g/mol. The Hall–Kier alpha value is -4.17. The van der Waals surface area contributed by atoms with E-state index in [1.165, 1.54) is 18.4 Å². The molecule has 0 aromatic heterocycles. The lowest BCUT2D eigenvalue weighted by Gasteiger charge is -2.28. The Kier molecular flexibility index (Phi) is 10.0. The lowest BCUT2D eigenvalue weighted by atomic mass is 9.83. The Bertz CT molecular complexity index is 1480. The van der Waals surface area contributed by atoms with Crippen LogP contribution in [0.5, 0.6) is 0 Å². The van der Waals surface area contributed by atoms with Crippen LogP contribution in [0.2, 0.25) is 0 Å². The summed E-state index contributed by atoms with van der Waals surface area (Å²) >= 11 is 0. The predicted molar refractivity (Wildman–Crippen MR) is 175 cm³/mol. The topological polar surface area (TPSA) is 111 Å². The van der Waals surface area contributed by atoms with Gasteiger partial charge in [-0.15, -0.1) is 0 Å². The molecule has 3 aromatic carbocycles. The minimum Gasteiger partial charge on any atom is -0.480 e. The third kappa shape index (κ3) is 7.66. The standard InChI is InChI=1S/C36H44N4O4/c1-23-19-24(2)32(25(3)20-23)39-36(44)37-31-21-29(27-13-11-26(12-14-27)22-40-17-7-8-18-40)15-16-30(31)34(41)38-33(35(42)43)28-9-5-4-6-10-28/h11-16,19-21,28,33H,4-10,17-18,22H2,1-3H3,(H,38,41)(H,42,43)(H2,37,39,44)/t33-/m0/s1. The highest BCUT2D eigenvalue weighted by Crippen LogP contribution is 2.30. The summed E-state index contributed by atoms with van der Waals surface area (Å²) in [6, 6.07) is 16.2. The van der Waals surface area contributed by atoms with Gasteiger partial charge in [0, 0.05) is 12.2 Å². The first-order valence-electron chi connectivity index (χ1n) is 15.8. The molecule has 0 spiro atoms. The van der Waals surface area contributed by atoms with Crippen molar-refractivity contribution in [2.24, 2.45) is 5.92 Å². The Morgan fingerprint density at radius 1 is 0.818 bits per heavy atom. The van der Waals surface area contributed by atoms with Crippen molar-refractivity contribution in [1.82, 2.24) is 10.2 Å². The van der Waals surface area contributed by atoms with Gasteiger partial charge in [-0.3, -0.25) is 9.69 Å². The van der Waals surface area contributed by atoms with E-state index in [1.54, 1.807) is 12.1 Å². The number of urea groups is 1. The number of hydrogen-bond acceptors (Lipinski definition) is 4. The maximum Gasteiger partial charge on any atom is 0.326 e. The van der Waals surface area contributed by atoms with Crippen molar-refractivity contribution in [3.63, 3.8) is 0 Å². The van der Waals surface area contributed by atoms with Crippen LogP contribution in [0.25, 0.3) is 11.1 Å². The molecule has 44 heavy (non-hydrogen) atoms. The van der Waals surface area contributed by atoms with E-state index in [-0.39, 0.29) is 11.5 Å². The number of carbonyl (C=O) groups is 3. The number of amides is 3. The fourth-order valence-electron chi connectivity index (χ4n) is 6.74. The Labute approximate surface area is 260 Å². The van der Waals surface area contributed by atoms with Crippen LogP contribution in [0.1, 0.15) is 77.6 Å². The zero-order chi connectivity index (χ0) is 31.2. The summed E-state index contributed by atoms with van der Waals surface area (Å²) in [5.74, 6) is -1.67. The van der Waals surface area contributed by atoms with Crippen LogP contribution < -0.4 is 16.0 Å². The second-order valence-corrected chi connectivity index (χ2v) is 12.5. The van der Waals surface area contributed by atoms with Gasteiger partial charge in [0.1, 0.15) is 6.04 Å². The van der Waals surface area contributed by atoms with E-state index in [4.69, 9.17) is 0 Å². The van der Waals surface area contributed by atoms with E-state index < -0.39 is 23.9 Å². The van der Waals surface area contributed by atoms with Gasteiger partial charge in [0.05, 0.1) is 11.3 Å². The fraction of sp³-hybridized carbons (Fsp3) is 0.417. The lowest BCUT2D eigenvalue weighted by Crippen LogP contribution is -2.46. The number of aryl methyl sites for hydroxylation is 3. The number of hydrogen-bond donors (Lipinski definition) is 4. The molecule has 1 heterocycles. The molecular weight excluding hydrogens is 552 g/mol. The summed E-state index contributed by atoms with van der Waals surface area (Å²) in [5.41, 5.74) is 7.28. The van der Waals surface area contributed by atoms with Crippen molar-refractivity contribution in [1.29, 1.82) is 0 Å². The van der Waals surface area contributed by atoms with Gasteiger partial charge < -0.3 is 21.1 Å². The van der Waals surface area contributed by atoms with Crippen LogP contribution in [0, 0.1) is 26.7 Å². The maximum atomic E-state index is 13.6. The number of benzene rings is 3. The second kappa shape index (κ2) is 14.1. The summed E-state index contributed by atoms with van der Waals surface area (Å²) in [5, 5.41) is 18.6. The van der Waals surface area contributed by atoms with Crippen LogP contribution >= 0.6 is 0 Å². The molecule has 0 radical (unpaired) electrons. The molecule has 1 aliphatic heterocycles. The van der Waals surface area contributed by atoms with Gasteiger partial charge in [-0.05, 0) is 105 Å². The predicted octanol–water partition coefficient (Wildman–Crippen LogP) is 7.28. The van der Waals surface area contributed by atoms with Crippen molar-refractivity contribution in [2.75, 3.05) is 23.7 Å². The highest BCUT2D eigenvalue weighted by Gasteiger charge is 2.31. The molecule has 1 saturated heterocycles. The first kappa shape index (κ1) is 31.3. The summed E-state index contributed by atoms with van der Waals surface area (Å²) in [6.07, 6.45) is 7.04. The quantitative estimate of drug-likeness (QED) is 0.207. The van der Waals surface area contributed by atoms with Crippen molar-refractivity contribution in [2.45, 2.75) is 78.3 Å². The number of likely N-dealkylation sites (tertiary alicyclic amines) is 1. The molecule has 2 aliphatic rings. The molecule has 0 unspecified atom stereocenters.